The van der Waals surface area contributed by atoms with E-state index in [4.69, 9.17) is 0 Å². The number of benzene rings is 2. The second kappa shape index (κ2) is 8.75. The number of rotatable bonds is 5. The van der Waals surface area contributed by atoms with Gasteiger partial charge in [0, 0.05) is 29.1 Å². The predicted octanol–water partition coefficient (Wildman–Crippen LogP) is 3.86. The second-order valence-electron chi connectivity index (χ2n) is 6.37. The monoisotopic (exact) mass is 397 g/mol. The average molecular weight is 397 g/mol. The van der Waals surface area contributed by atoms with Crippen LogP contribution in [0.5, 0.6) is 0 Å². The summed E-state index contributed by atoms with van der Waals surface area (Å²) >= 11 is 1.46. The molecule has 5 nitrogen and oxygen atoms in total. The molecule has 0 saturated carbocycles. The highest BCUT2D eigenvalue weighted by Crippen LogP contribution is 2.28. The molecule has 2 N–H and O–H groups in total. The van der Waals surface area contributed by atoms with Gasteiger partial charge >= 0.3 is 11.8 Å². The lowest BCUT2D eigenvalue weighted by molar-refractivity contribution is -0.136. The lowest BCUT2D eigenvalue weighted by Gasteiger charge is -2.06. The van der Waals surface area contributed by atoms with Crippen LogP contribution in [0.4, 0.5) is 10.1 Å². The summed E-state index contributed by atoms with van der Waals surface area (Å²) in [6, 6.07) is 13.5. The Labute approximate surface area is 166 Å². The summed E-state index contributed by atoms with van der Waals surface area (Å²) in [7, 11) is 0. The maximum atomic E-state index is 13.4. The number of carbonyl (C=O) groups excluding carboxylic acids is 2. The molecule has 0 aliphatic rings. The van der Waals surface area contributed by atoms with Crippen LogP contribution < -0.4 is 10.6 Å². The van der Waals surface area contributed by atoms with Gasteiger partial charge in [-0.15, -0.1) is 11.3 Å². The molecular formula is C21H20FN3O2S. The number of thiazole rings is 1. The van der Waals surface area contributed by atoms with Crippen molar-refractivity contribution >= 4 is 28.8 Å². The third-order valence-corrected chi connectivity index (χ3v) is 5.35. The number of aromatic nitrogens is 1. The highest BCUT2D eigenvalue weighted by molar-refractivity contribution is 7.15. The van der Waals surface area contributed by atoms with E-state index in [1.807, 2.05) is 32.0 Å². The summed E-state index contributed by atoms with van der Waals surface area (Å²) in [5.41, 5.74) is 3.13. The number of anilines is 1. The standard InChI is InChI=1S/C21H20FN3O2S/c1-13-5-3-8-17(11-13)25-20(27)19(26)23-10-9-18-14(2)24-21(28-18)15-6-4-7-16(22)12-15/h3-8,11-12H,9-10H2,1-2H3,(H,23,26)(H,25,27). The molecule has 3 rings (SSSR count). The number of hydrogen-bond donors (Lipinski definition) is 2. The maximum absolute atomic E-state index is 13.4. The Morgan fingerprint density at radius 1 is 1.07 bits per heavy atom. The van der Waals surface area contributed by atoms with Gasteiger partial charge in [-0.05, 0) is 43.7 Å². The van der Waals surface area contributed by atoms with E-state index in [0.717, 1.165) is 26.7 Å². The normalized spacial score (nSPS) is 10.5. The van der Waals surface area contributed by atoms with Gasteiger partial charge in [0.25, 0.3) is 0 Å². The largest absolute Gasteiger partial charge is 0.347 e. The predicted molar refractivity (Wildman–Crippen MR) is 109 cm³/mol. The van der Waals surface area contributed by atoms with E-state index in [1.165, 1.54) is 23.5 Å². The molecule has 0 fully saturated rings. The fraction of sp³-hybridized carbons (Fsp3) is 0.190. The summed E-state index contributed by atoms with van der Waals surface area (Å²) < 4.78 is 13.4. The van der Waals surface area contributed by atoms with Crippen molar-refractivity contribution in [2.24, 2.45) is 0 Å². The molecule has 0 unspecified atom stereocenters. The van der Waals surface area contributed by atoms with Crippen LogP contribution in [-0.4, -0.2) is 23.3 Å². The van der Waals surface area contributed by atoms with Gasteiger partial charge in [-0.1, -0.05) is 24.3 Å². The zero-order chi connectivity index (χ0) is 20.1. The number of halogens is 1. The van der Waals surface area contributed by atoms with E-state index < -0.39 is 11.8 Å². The summed E-state index contributed by atoms with van der Waals surface area (Å²) in [5.74, 6) is -1.69. The Kier molecular flexibility index (Phi) is 6.16. The SMILES string of the molecule is Cc1cccc(NC(=O)C(=O)NCCc2sc(-c3cccc(F)c3)nc2C)c1. The minimum Gasteiger partial charge on any atom is -0.347 e. The third kappa shape index (κ3) is 5.01. The Bertz CT molecular complexity index is 1020. The number of hydrogen-bond acceptors (Lipinski definition) is 4. The maximum Gasteiger partial charge on any atom is 0.313 e. The second-order valence-corrected chi connectivity index (χ2v) is 7.45. The van der Waals surface area contributed by atoms with Crippen molar-refractivity contribution in [1.82, 2.24) is 10.3 Å². The summed E-state index contributed by atoms with van der Waals surface area (Å²) in [6.45, 7) is 4.10. The van der Waals surface area contributed by atoms with Gasteiger partial charge in [0.05, 0.1) is 5.69 Å². The van der Waals surface area contributed by atoms with Crippen LogP contribution in [0.1, 0.15) is 16.1 Å². The minimum absolute atomic E-state index is 0.307. The third-order valence-electron chi connectivity index (χ3n) is 4.08. The van der Waals surface area contributed by atoms with Crippen molar-refractivity contribution in [1.29, 1.82) is 0 Å². The molecule has 2 amide bonds. The molecule has 0 bridgehead atoms. The first-order valence-corrected chi connectivity index (χ1v) is 9.62. The summed E-state index contributed by atoms with van der Waals surface area (Å²) in [6.07, 6.45) is 0.544. The zero-order valence-electron chi connectivity index (χ0n) is 15.6. The van der Waals surface area contributed by atoms with Crippen LogP contribution in [0, 0.1) is 19.7 Å². The van der Waals surface area contributed by atoms with Crippen molar-refractivity contribution < 1.29 is 14.0 Å². The minimum atomic E-state index is -0.702. The van der Waals surface area contributed by atoms with Crippen molar-refractivity contribution in [3.63, 3.8) is 0 Å². The molecule has 1 heterocycles. The molecule has 0 aliphatic heterocycles. The van der Waals surface area contributed by atoms with Gasteiger partial charge in [0.2, 0.25) is 0 Å². The Balaban J connectivity index is 1.54. The average Bonchev–Trinajstić information content (AvgIpc) is 3.02. The molecule has 1 aromatic heterocycles. The molecular weight excluding hydrogens is 377 g/mol. The zero-order valence-corrected chi connectivity index (χ0v) is 16.4. The molecule has 0 aliphatic carbocycles. The molecule has 3 aromatic rings. The number of aryl methyl sites for hydroxylation is 2. The van der Waals surface area contributed by atoms with Crippen LogP contribution in [0.25, 0.3) is 10.6 Å². The quantitative estimate of drug-likeness (QED) is 0.642. The molecule has 0 spiro atoms. The van der Waals surface area contributed by atoms with Gasteiger partial charge in [0.1, 0.15) is 10.8 Å². The lowest BCUT2D eigenvalue weighted by atomic mass is 10.2. The number of amides is 2. The van der Waals surface area contributed by atoms with Crippen LogP contribution in [0.2, 0.25) is 0 Å². The Morgan fingerprint density at radius 2 is 1.86 bits per heavy atom. The van der Waals surface area contributed by atoms with Crippen LogP contribution in [-0.2, 0) is 16.0 Å². The van der Waals surface area contributed by atoms with Crippen molar-refractivity contribution in [3.05, 3.63) is 70.5 Å². The first kappa shape index (κ1) is 19.7. The Morgan fingerprint density at radius 3 is 2.61 bits per heavy atom. The number of nitrogens with one attached hydrogen (secondary N) is 2. The molecule has 0 saturated heterocycles. The fourth-order valence-electron chi connectivity index (χ4n) is 2.69. The van der Waals surface area contributed by atoms with Crippen LogP contribution in [0.3, 0.4) is 0 Å². The molecule has 28 heavy (non-hydrogen) atoms. The Hall–Kier alpha value is -3.06. The van der Waals surface area contributed by atoms with E-state index >= 15 is 0 Å². The molecule has 7 heteroatoms. The van der Waals surface area contributed by atoms with E-state index in [2.05, 4.69) is 15.6 Å². The highest BCUT2D eigenvalue weighted by Gasteiger charge is 2.15. The van der Waals surface area contributed by atoms with E-state index in [1.54, 1.807) is 18.2 Å². The molecule has 0 atom stereocenters. The van der Waals surface area contributed by atoms with Crippen molar-refractivity contribution in [2.75, 3.05) is 11.9 Å². The first-order chi connectivity index (χ1) is 13.4. The van der Waals surface area contributed by atoms with Gasteiger partial charge in [-0.25, -0.2) is 9.37 Å². The van der Waals surface area contributed by atoms with E-state index in [9.17, 15) is 14.0 Å². The topological polar surface area (TPSA) is 71.1 Å². The van der Waals surface area contributed by atoms with Gasteiger partial charge in [-0.3, -0.25) is 9.59 Å². The van der Waals surface area contributed by atoms with Gasteiger partial charge < -0.3 is 10.6 Å². The van der Waals surface area contributed by atoms with E-state index in [-0.39, 0.29) is 5.82 Å². The first-order valence-electron chi connectivity index (χ1n) is 8.80. The summed E-state index contributed by atoms with van der Waals surface area (Å²) in [4.78, 5) is 29.4. The van der Waals surface area contributed by atoms with Crippen LogP contribution in [0.15, 0.2) is 48.5 Å². The van der Waals surface area contributed by atoms with E-state index in [0.29, 0.717) is 18.7 Å². The fourth-order valence-corrected chi connectivity index (χ4v) is 3.74. The van der Waals surface area contributed by atoms with Crippen molar-refractivity contribution in [2.45, 2.75) is 20.3 Å². The highest BCUT2D eigenvalue weighted by atomic mass is 32.1. The van der Waals surface area contributed by atoms with Crippen molar-refractivity contribution in [3.8, 4) is 10.6 Å². The molecule has 0 radical (unpaired) electrons. The van der Waals surface area contributed by atoms with Gasteiger partial charge in [0.15, 0.2) is 0 Å². The van der Waals surface area contributed by atoms with Crippen LogP contribution >= 0.6 is 11.3 Å². The number of carbonyl (C=O) groups is 2. The summed E-state index contributed by atoms with van der Waals surface area (Å²) in [5, 5.41) is 5.93. The molecule has 2 aromatic carbocycles. The lowest BCUT2D eigenvalue weighted by Crippen LogP contribution is -2.36. The number of nitrogens with zero attached hydrogens (tertiary/aromatic N) is 1. The van der Waals surface area contributed by atoms with Gasteiger partial charge in [-0.2, -0.15) is 0 Å². The smallest absolute Gasteiger partial charge is 0.313 e. The molecule has 144 valence electrons.